The standard InChI is InChI=1S/C15H15N3S/c1-10-5-11(2)18-15(6-10)19-14-4-3-12(8-16)7-13(14)9-17/h3-7H,8,16H2,1-2H3. The molecule has 1 aromatic carbocycles. The van der Waals surface area contributed by atoms with Crippen LogP contribution in [-0.2, 0) is 6.54 Å². The third-order valence-corrected chi connectivity index (χ3v) is 3.68. The molecule has 1 aromatic heterocycles. The van der Waals surface area contributed by atoms with Crippen LogP contribution in [0.25, 0.3) is 0 Å². The number of aromatic nitrogens is 1. The van der Waals surface area contributed by atoms with Crippen molar-refractivity contribution in [1.29, 1.82) is 5.26 Å². The minimum Gasteiger partial charge on any atom is -0.326 e. The number of hydrogen-bond donors (Lipinski definition) is 1. The summed E-state index contributed by atoms with van der Waals surface area (Å²) in [6.07, 6.45) is 0. The topological polar surface area (TPSA) is 62.7 Å². The van der Waals surface area contributed by atoms with Crippen LogP contribution in [0, 0.1) is 25.2 Å². The van der Waals surface area contributed by atoms with Gasteiger partial charge >= 0.3 is 0 Å². The van der Waals surface area contributed by atoms with Gasteiger partial charge in [-0.15, -0.1) is 0 Å². The first kappa shape index (κ1) is 13.6. The van der Waals surface area contributed by atoms with E-state index in [1.165, 1.54) is 17.3 Å². The number of rotatable bonds is 3. The van der Waals surface area contributed by atoms with Gasteiger partial charge in [-0.1, -0.05) is 17.8 Å². The highest BCUT2D eigenvalue weighted by Gasteiger charge is 2.07. The number of pyridine rings is 1. The van der Waals surface area contributed by atoms with Gasteiger partial charge in [0.2, 0.25) is 0 Å². The molecule has 1 heterocycles. The molecule has 0 aliphatic rings. The van der Waals surface area contributed by atoms with Crippen molar-refractivity contribution in [3.63, 3.8) is 0 Å². The van der Waals surface area contributed by atoms with E-state index in [4.69, 9.17) is 5.73 Å². The predicted octanol–water partition coefficient (Wildman–Crippen LogP) is 3.18. The molecule has 0 unspecified atom stereocenters. The normalized spacial score (nSPS) is 10.2. The minimum atomic E-state index is 0.446. The molecule has 0 amide bonds. The van der Waals surface area contributed by atoms with Crippen molar-refractivity contribution in [3.8, 4) is 6.07 Å². The van der Waals surface area contributed by atoms with Crippen molar-refractivity contribution in [2.24, 2.45) is 5.73 Å². The number of hydrogen-bond acceptors (Lipinski definition) is 4. The highest BCUT2D eigenvalue weighted by molar-refractivity contribution is 7.99. The highest BCUT2D eigenvalue weighted by Crippen LogP contribution is 2.30. The average Bonchev–Trinajstić information content (AvgIpc) is 2.38. The van der Waals surface area contributed by atoms with Crippen molar-refractivity contribution < 1.29 is 0 Å². The van der Waals surface area contributed by atoms with Gasteiger partial charge in [-0.25, -0.2) is 4.98 Å². The van der Waals surface area contributed by atoms with Crippen LogP contribution in [0.5, 0.6) is 0 Å². The van der Waals surface area contributed by atoms with Gasteiger partial charge in [-0.2, -0.15) is 5.26 Å². The van der Waals surface area contributed by atoms with Crippen LogP contribution in [0.15, 0.2) is 40.3 Å². The van der Waals surface area contributed by atoms with Gasteiger partial charge in [0.05, 0.1) is 5.56 Å². The Morgan fingerprint density at radius 1 is 1.26 bits per heavy atom. The fourth-order valence-corrected chi connectivity index (χ4v) is 2.86. The molecule has 0 saturated heterocycles. The molecule has 0 aliphatic heterocycles. The Labute approximate surface area is 117 Å². The van der Waals surface area contributed by atoms with Crippen molar-refractivity contribution in [3.05, 3.63) is 52.7 Å². The Bertz CT molecular complexity index is 624. The van der Waals surface area contributed by atoms with Crippen LogP contribution < -0.4 is 5.73 Å². The number of benzene rings is 1. The molecular formula is C15H15N3S. The summed E-state index contributed by atoms with van der Waals surface area (Å²) in [5.74, 6) is 0. The summed E-state index contributed by atoms with van der Waals surface area (Å²) in [5.41, 5.74) is 9.36. The van der Waals surface area contributed by atoms with Gasteiger partial charge in [0.25, 0.3) is 0 Å². The first-order valence-electron chi connectivity index (χ1n) is 5.98. The zero-order valence-corrected chi connectivity index (χ0v) is 11.8. The van der Waals surface area contributed by atoms with E-state index in [0.717, 1.165) is 21.2 Å². The number of nitrogens with two attached hydrogens (primary N) is 1. The van der Waals surface area contributed by atoms with E-state index in [1.54, 1.807) is 0 Å². The summed E-state index contributed by atoms with van der Waals surface area (Å²) in [7, 11) is 0. The van der Waals surface area contributed by atoms with E-state index in [9.17, 15) is 5.26 Å². The summed E-state index contributed by atoms with van der Waals surface area (Å²) in [6, 6.07) is 12.0. The summed E-state index contributed by atoms with van der Waals surface area (Å²) >= 11 is 1.51. The fraction of sp³-hybridized carbons (Fsp3) is 0.200. The van der Waals surface area contributed by atoms with Gasteiger partial charge in [0, 0.05) is 17.1 Å². The molecule has 0 bridgehead atoms. The quantitative estimate of drug-likeness (QED) is 0.929. The molecule has 0 radical (unpaired) electrons. The van der Waals surface area contributed by atoms with Crippen LogP contribution in [0.1, 0.15) is 22.4 Å². The van der Waals surface area contributed by atoms with Crippen LogP contribution in [-0.4, -0.2) is 4.98 Å². The lowest BCUT2D eigenvalue weighted by Crippen LogP contribution is -1.97. The molecule has 4 heteroatoms. The maximum Gasteiger partial charge on any atom is 0.101 e. The first-order chi connectivity index (χ1) is 9.12. The molecule has 3 nitrogen and oxygen atoms in total. The lowest BCUT2D eigenvalue weighted by molar-refractivity contribution is 1.04. The van der Waals surface area contributed by atoms with Crippen molar-refractivity contribution in [1.82, 2.24) is 4.98 Å². The Morgan fingerprint density at radius 3 is 2.68 bits per heavy atom. The molecule has 0 spiro atoms. The van der Waals surface area contributed by atoms with E-state index < -0.39 is 0 Å². The van der Waals surface area contributed by atoms with Crippen molar-refractivity contribution in [2.75, 3.05) is 0 Å². The molecule has 0 atom stereocenters. The Morgan fingerprint density at radius 2 is 2.05 bits per heavy atom. The molecule has 2 rings (SSSR count). The molecule has 0 fully saturated rings. The average molecular weight is 269 g/mol. The third kappa shape index (κ3) is 3.34. The summed E-state index contributed by atoms with van der Waals surface area (Å²) in [6.45, 7) is 4.46. The minimum absolute atomic E-state index is 0.446. The Kier molecular flexibility index (Phi) is 4.20. The van der Waals surface area contributed by atoms with Gasteiger partial charge in [0.1, 0.15) is 11.1 Å². The molecule has 0 saturated carbocycles. The smallest absolute Gasteiger partial charge is 0.101 e. The molecule has 2 aromatic rings. The van der Waals surface area contributed by atoms with Gasteiger partial charge < -0.3 is 5.73 Å². The number of nitrogens with zero attached hydrogens (tertiary/aromatic N) is 2. The second-order valence-corrected chi connectivity index (χ2v) is 5.43. The van der Waals surface area contributed by atoms with Gasteiger partial charge in [-0.3, -0.25) is 0 Å². The number of nitriles is 1. The largest absolute Gasteiger partial charge is 0.326 e. The summed E-state index contributed by atoms with van der Waals surface area (Å²) < 4.78 is 0. The molecule has 96 valence electrons. The first-order valence-corrected chi connectivity index (χ1v) is 6.80. The van der Waals surface area contributed by atoms with Crippen LogP contribution in [0.3, 0.4) is 0 Å². The summed E-state index contributed by atoms with van der Waals surface area (Å²) in [4.78, 5) is 5.39. The number of aryl methyl sites for hydroxylation is 2. The summed E-state index contributed by atoms with van der Waals surface area (Å²) in [5, 5.41) is 10.1. The van der Waals surface area contributed by atoms with Gasteiger partial charge in [0.15, 0.2) is 0 Å². The monoisotopic (exact) mass is 269 g/mol. The lowest BCUT2D eigenvalue weighted by atomic mass is 10.1. The predicted molar refractivity (Wildman–Crippen MR) is 76.9 cm³/mol. The second kappa shape index (κ2) is 5.87. The molecule has 19 heavy (non-hydrogen) atoms. The van der Waals surface area contributed by atoms with Crippen molar-refractivity contribution in [2.45, 2.75) is 30.3 Å². The third-order valence-electron chi connectivity index (χ3n) is 2.69. The fourth-order valence-electron chi connectivity index (χ4n) is 1.85. The lowest BCUT2D eigenvalue weighted by Gasteiger charge is -2.07. The van der Waals surface area contributed by atoms with Crippen LogP contribution in [0.2, 0.25) is 0 Å². The molecule has 0 aliphatic carbocycles. The molecular weight excluding hydrogens is 254 g/mol. The van der Waals surface area contributed by atoms with E-state index in [1.807, 2.05) is 44.2 Å². The van der Waals surface area contributed by atoms with E-state index in [2.05, 4.69) is 11.1 Å². The van der Waals surface area contributed by atoms with Gasteiger partial charge in [-0.05, 0) is 49.2 Å². The van der Waals surface area contributed by atoms with E-state index in [-0.39, 0.29) is 0 Å². The molecule has 2 N–H and O–H groups in total. The zero-order valence-electron chi connectivity index (χ0n) is 11.0. The Balaban J connectivity index is 2.35. The van der Waals surface area contributed by atoms with E-state index >= 15 is 0 Å². The van der Waals surface area contributed by atoms with Crippen LogP contribution in [0.4, 0.5) is 0 Å². The zero-order chi connectivity index (χ0) is 13.8. The highest BCUT2D eigenvalue weighted by atomic mass is 32.2. The maximum atomic E-state index is 9.20. The SMILES string of the molecule is Cc1cc(C)nc(Sc2ccc(CN)cc2C#N)c1. The van der Waals surface area contributed by atoms with E-state index in [0.29, 0.717) is 12.1 Å². The Hall–Kier alpha value is -1.83. The maximum absolute atomic E-state index is 9.20. The second-order valence-electron chi connectivity index (χ2n) is 4.37. The van der Waals surface area contributed by atoms with Crippen LogP contribution >= 0.6 is 11.8 Å². The van der Waals surface area contributed by atoms with Crippen molar-refractivity contribution >= 4 is 11.8 Å².